The fraction of sp³-hybridized carbons (Fsp3) is 0.333. The minimum Gasteiger partial charge on any atom is -0.321 e. The highest BCUT2D eigenvalue weighted by Crippen LogP contribution is 2.12. The van der Waals surface area contributed by atoms with Crippen LogP contribution in [0.1, 0.15) is 29.4 Å². The lowest BCUT2D eigenvalue weighted by atomic mass is 10.2. The lowest BCUT2D eigenvalue weighted by molar-refractivity contribution is 0.101. The van der Waals surface area contributed by atoms with Crippen molar-refractivity contribution in [3.8, 4) is 0 Å². The number of rotatable bonds is 6. The van der Waals surface area contributed by atoms with E-state index in [0.29, 0.717) is 5.69 Å². The first-order chi connectivity index (χ1) is 9.70. The Kier molecular flexibility index (Phi) is 4.90. The quantitative estimate of drug-likeness (QED) is 0.792. The van der Waals surface area contributed by atoms with E-state index < -0.39 is 0 Å². The van der Waals surface area contributed by atoms with E-state index >= 15 is 0 Å². The molecule has 0 aliphatic rings. The first kappa shape index (κ1) is 14.3. The van der Waals surface area contributed by atoms with Crippen LogP contribution in [0.25, 0.3) is 0 Å². The standard InChI is InChI=1S/C15H20N4O/c1-3-8-16-11-12-5-4-6-13(10-12)18-15(20)14-7-9-17-19(14)2/h4-7,9-10,16H,3,8,11H2,1-2H3,(H,18,20). The summed E-state index contributed by atoms with van der Waals surface area (Å²) in [7, 11) is 1.75. The molecule has 1 heterocycles. The molecule has 5 heteroatoms. The molecule has 0 atom stereocenters. The number of anilines is 1. The topological polar surface area (TPSA) is 58.9 Å². The van der Waals surface area contributed by atoms with Crippen LogP contribution in [0, 0.1) is 0 Å². The monoisotopic (exact) mass is 272 g/mol. The van der Waals surface area contributed by atoms with Crippen molar-refractivity contribution >= 4 is 11.6 Å². The molecule has 0 fully saturated rings. The average Bonchev–Trinajstić information content (AvgIpc) is 2.86. The van der Waals surface area contributed by atoms with Crippen molar-refractivity contribution in [1.82, 2.24) is 15.1 Å². The fourth-order valence-electron chi connectivity index (χ4n) is 1.96. The number of benzene rings is 1. The maximum absolute atomic E-state index is 12.1. The third kappa shape index (κ3) is 3.68. The summed E-state index contributed by atoms with van der Waals surface area (Å²) in [4.78, 5) is 12.1. The van der Waals surface area contributed by atoms with Gasteiger partial charge in [0.25, 0.3) is 5.91 Å². The van der Waals surface area contributed by atoms with Gasteiger partial charge in [-0.1, -0.05) is 19.1 Å². The van der Waals surface area contributed by atoms with Gasteiger partial charge >= 0.3 is 0 Å². The Bertz CT molecular complexity index is 577. The smallest absolute Gasteiger partial charge is 0.273 e. The van der Waals surface area contributed by atoms with E-state index in [4.69, 9.17) is 0 Å². The van der Waals surface area contributed by atoms with Crippen LogP contribution in [0.2, 0.25) is 0 Å². The van der Waals surface area contributed by atoms with Crippen LogP contribution in [0.3, 0.4) is 0 Å². The zero-order valence-electron chi connectivity index (χ0n) is 11.9. The highest BCUT2D eigenvalue weighted by Gasteiger charge is 2.09. The average molecular weight is 272 g/mol. The maximum atomic E-state index is 12.1. The zero-order valence-corrected chi connectivity index (χ0v) is 11.9. The van der Waals surface area contributed by atoms with Gasteiger partial charge in [-0.05, 0) is 36.7 Å². The van der Waals surface area contributed by atoms with Gasteiger partial charge < -0.3 is 10.6 Å². The lowest BCUT2D eigenvalue weighted by Crippen LogP contribution is -2.17. The normalized spacial score (nSPS) is 10.5. The molecule has 1 amide bonds. The molecule has 0 aliphatic heterocycles. The van der Waals surface area contributed by atoms with Crippen LogP contribution in [0.15, 0.2) is 36.5 Å². The maximum Gasteiger partial charge on any atom is 0.273 e. The van der Waals surface area contributed by atoms with Gasteiger partial charge in [-0.2, -0.15) is 5.10 Å². The number of amides is 1. The molecule has 0 saturated heterocycles. The van der Waals surface area contributed by atoms with E-state index in [9.17, 15) is 4.79 Å². The van der Waals surface area contributed by atoms with Crippen LogP contribution >= 0.6 is 0 Å². The molecule has 2 N–H and O–H groups in total. The molecule has 106 valence electrons. The number of nitrogens with zero attached hydrogens (tertiary/aromatic N) is 2. The number of hydrogen-bond acceptors (Lipinski definition) is 3. The van der Waals surface area contributed by atoms with Crippen LogP contribution in [-0.4, -0.2) is 22.2 Å². The fourth-order valence-corrected chi connectivity index (χ4v) is 1.96. The molecule has 2 aromatic rings. The third-order valence-electron chi connectivity index (χ3n) is 2.99. The Morgan fingerprint density at radius 1 is 1.35 bits per heavy atom. The summed E-state index contributed by atoms with van der Waals surface area (Å²) in [6.07, 6.45) is 2.72. The molecule has 2 rings (SSSR count). The predicted molar refractivity (Wildman–Crippen MR) is 79.6 cm³/mol. The molecule has 1 aromatic heterocycles. The Morgan fingerprint density at radius 2 is 2.20 bits per heavy atom. The molecule has 0 unspecified atom stereocenters. The summed E-state index contributed by atoms with van der Waals surface area (Å²) in [5, 5.41) is 10.2. The van der Waals surface area contributed by atoms with Gasteiger partial charge in [0.15, 0.2) is 0 Å². The van der Waals surface area contributed by atoms with E-state index in [0.717, 1.165) is 30.8 Å². The van der Waals surface area contributed by atoms with Crippen molar-refractivity contribution in [2.24, 2.45) is 7.05 Å². The van der Waals surface area contributed by atoms with Gasteiger partial charge in [-0.25, -0.2) is 0 Å². The summed E-state index contributed by atoms with van der Waals surface area (Å²) in [6, 6.07) is 9.56. The van der Waals surface area contributed by atoms with Crippen molar-refractivity contribution in [3.63, 3.8) is 0 Å². The molecule has 0 bridgehead atoms. The molecule has 20 heavy (non-hydrogen) atoms. The van der Waals surface area contributed by atoms with Crippen molar-refractivity contribution in [3.05, 3.63) is 47.8 Å². The van der Waals surface area contributed by atoms with Gasteiger partial charge in [-0.3, -0.25) is 9.48 Å². The van der Waals surface area contributed by atoms with Gasteiger partial charge in [-0.15, -0.1) is 0 Å². The van der Waals surface area contributed by atoms with Gasteiger partial charge in [0.2, 0.25) is 0 Å². The first-order valence-electron chi connectivity index (χ1n) is 6.79. The summed E-state index contributed by atoms with van der Waals surface area (Å²) in [6.45, 7) is 3.94. The third-order valence-corrected chi connectivity index (χ3v) is 2.99. The second-order valence-electron chi connectivity index (χ2n) is 4.67. The largest absolute Gasteiger partial charge is 0.321 e. The summed E-state index contributed by atoms with van der Waals surface area (Å²) >= 11 is 0. The molecule has 5 nitrogen and oxygen atoms in total. The van der Waals surface area contributed by atoms with Crippen LogP contribution in [0.5, 0.6) is 0 Å². The molecule has 0 saturated carbocycles. The second-order valence-corrected chi connectivity index (χ2v) is 4.67. The van der Waals surface area contributed by atoms with Crippen molar-refractivity contribution < 1.29 is 4.79 Å². The molecule has 0 radical (unpaired) electrons. The predicted octanol–water partition coefficient (Wildman–Crippen LogP) is 2.17. The SMILES string of the molecule is CCCNCc1cccc(NC(=O)c2ccnn2C)c1. The Balaban J connectivity index is 2.01. The van der Waals surface area contributed by atoms with Gasteiger partial charge in [0.05, 0.1) is 0 Å². The minimum atomic E-state index is -0.149. The number of aryl methyl sites for hydroxylation is 1. The second kappa shape index (κ2) is 6.86. The molecular formula is C15H20N4O. The number of nitrogens with one attached hydrogen (secondary N) is 2. The van der Waals surface area contributed by atoms with Crippen LogP contribution < -0.4 is 10.6 Å². The van der Waals surface area contributed by atoms with E-state index in [1.54, 1.807) is 24.0 Å². The zero-order chi connectivity index (χ0) is 14.4. The first-order valence-corrected chi connectivity index (χ1v) is 6.79. The lowest BCUT2D eigenvalue weighted by Gasteiger charge is -2.08. The Morgan fingerprint density at radius 3 is 2.90 bits per heavy atom. The molecular weight excluding hydrogens is 252 g/mol. The Labute approximate surface area is 119 Å². The van der Waals surface area contributed by atoms with Crippen molar-refractivity contribution in [2.45, 2.75) is 19.9 Å². The summed E-state index contributed by atoms with van der Waals surface area (Å²) < 4.78 is 1.56. The van der Waals surface area contributed by atoms with E-state index in [1.807, 2.05) is 24.3 Å². The van der Waals surface area contributed by atoms with E-state index in [1.165, 1.54) is 0 Å². The number of hydrogen-bond donors (Lipinski definition) is 2. The Hall–Kier alpha value is -2.14. The number of carbonyl (C=O) groups is 1. The van der Waals surface area contributed by atoms with Crippen LogP contribution in [-0.2, 0) is 13.6 Å². The van der Waals surface area contributed by atoms with Crippen molar-refractivity contribution in [2.75, 3.05) is 11.9 Å². The molecule has 1 aromatic carbocycles. The highest BCUT2D eigenvalue weighted by molar-refractivity contribution is 6.03. The van der Waals surface area contributed by atoms with E-state index in [-0.39, 0.29) is 5.91 Å². The van der Waals surface area contributed by atoms with Crippen molar-refractivity contribution in [1.29, 1.82) is 0 Å². The van der Waals surface area contributed by atoms with Crippen LogP contribution in [0.4, 0.5) is 5.69 Å². The molecule has 0 spiro atoms. The van der Waals surface area contributed by atoms with Gasteiger partial charge in [0, 0.05) is 25.5 Å². The van der Waals surface area contributed by atoms with E-state index in [2.05, 4.69) is 22.7 Å². The number of carbonyl (C=O) groups excluding carboxylic acids is 1. The number of aromatic nitrogens is 2. The molecule has 0 aliphatic carbocycles. The van der Waals surface area contributed by atoms with Gasteiger partial charge in [0.1, 0.15) is 5.69 Å². The minimum absolute atomic E-state index is 0.149. The highest BCUT2D eigenvalue weighted by atomic mass is 16.2. The summed E-state index contributed by atoms with van der Waals surface area (Å²) in [5.74, 6) is -0.149. The summed E-state index contributed by atoms with van der Waals surface area (Å²) in [5.41, 5.74) is 2.49.